The summed E-state index contributed by atoms with van der Waals surface area (Å²) in [7, 11) is 0. The van der Waals surface area contributed by atoms with Crippen molar-refractivity contribution in [3.05, 3.63) is 59.2 Å². The van der Waals surface area contributed by atoms with Gasteiger partial charge in [0.1, 0.15) is 28.2 Å². The lowest BCUT2D eigenvalue weighted by molar-refractivity contribution is -0.128. The molecule has 3 aromatic rings. The molecular formula is C26H21ClF2N6O2S. The number of amides is 2. The minimum atomic E-state index is -0.891. The zero-order valence-corrected chi connectivity index (χ0v) is 21.5. The predicted molar refractivity (Wildman–Crippen MR) is 142 cm³/mol. The Kier molecular flexibility index (Phi) is 5.79. The molecule has 194 valence electrons. The number of rotatable bonds is 2. The molecule has 3 aliphatic heterocycles. The van der Waals surface area contributed by atoms with E-state index in [2.05, 4.69) is 12.0 Å². The van der Waals surface area contributed by atoms with E-state index in [0.717, 1.165) is 11.3 Å². The average molecular weight is 555 g/mol. The van der Waals surface area contributed by atoms with Crippen LogP contribution in [0.1, 0.15) is 33.4 Å². The van der Waals surface area contributed by atoms with Gasteiger partial charge >= 0.3 is 0 Å². The molecule has 2 aromatic carbocycles. The van der Waals surface area contributed by atoms with Crippen molar-refractivity contribution in [1.29, 1.82) is 5.26 Å². The Morgan fingerprint density at radius 2 is 2.05 bits per heavy atom. The van der Waals surface area contributed by atoms with Crippen molar-refractivity contribution in [2.45, 2.75) is 18.0 Å². The molecule has 1 saturated heterocycles. The molecule has 0 aliphatic carbocycles. The molecule has 8 nitrogen and oxygen atoms in total. The summed E-state index contributed by atoms with van der Waals surface area (Å²) in [6.07, 6.45) is 1.79. The van der Waals surface area contributed by atoms with Gasteiger partial charge in [-0.2, -0.15) is 5.26 Å². The van der Waals surface area contributed by atoms with E-state index in [1.165, 1.54) is 24.3 Å². The fourth-order valence-corrected chi connectivity index (χ4v) is 7.00. The average Bonchev–Trinajstić information content (AvgIpc) is 3.42. The summed E-state index contributed by atoms with van der Waals surface area (Å²) in [5.74, 6) is -1.85. The van der Waals surface area contributed by atoms with E-state index in [-0.39, 0.29) is 55.2 Å². The maximum Gasteiger partial charge on any atom is 0.256 e. The summed E-state index contributed by atoms with van der Waals surface area (Å²) in [5.41, 5.74) is 9.61. The van der Waals surface area contributed by atoms with Crippen molar-refractivity contribution in [3.8, 4) is 17.2 Å². The standard InChI is InChI=1S/C26H21ClF2N6O2S/c1-2-18(36)33-7-8-34-12(11-33)5-6-35-22-14(26(34)37)9-17(29)20(21(22)24(27)32-35)13-3-4-16(28)23-19(13)15(10-30)25(31)38-23/h2-4,9,12,24,32H,1,5-8,11,31H2/t12-,24?/m1/s1. The van der Waals surface area contributed by atoms with Crippen molar-refractivity contribution in [3.63, 3.8) is 0 Å². The van der Waals surface area contributed by atoms with E-state index in [9.17, 15) is 19.2 Å². The molecule has 0 radical (unpaired) electrons. The summed E-state index contributed by atoms with van der Waals surface area (Å²) < 4.78 is 30.9. The maximum atomic E-state index is 16.1. The quantitative estimate of drug-likeness (QED) is 0.281. The molecule has 0 saturated carbocycles. The Balaban J connectivity index is 1.53. The lowest BCUT2D eigenvalue weighted by Gasteiger charge is -2.43. The number of hydrazine groups is 1. The Morgan fingerprint density at radius 1 is 1.26 bits per heavy atom. The van der Waals surface area contributed by atoms with E-state index < -0.39 is 17.1 Å². The topological polar surface area (TPSA) is 106 Å². The second-order valence-electron chi connectivity index (χ2n) is 9.37. The van der Waals surface area contributed by atoms with Crippen molar-refractivity contribution < 1.29 is 18.4 Å². The number of thiophene rings is 1. The third-order valence-corrected chi connectivity index (χ3v) is 8.77. The van der Waals surface area contributed by atoms with Crippen molar-refractivity contribution in [1.82, 2.24) is 15.2 Å². The number of nitrogens with one attached hydrogen (secondary N) is 1. The molecule has 3 aliphatic rings. The number of nitrogens with zero attached hydrogens (tertiary/aromatic N) is 4. The fraction of sp³-hybridized carbons (Fsp3) is 0.269. The number of carbonyl (C=O) groups is 2. The van der Waals surface area contributed by atoms with Crippen LogP contribution in [0.15, 0.2) is 30.9 Å². The number of piperazine rings is 1. The Bertz CT molecular complexity index is 1600. The number of carbonyl (C=O) groups excluding carboxylic acids is 2. The van der Waals surface area contributed by atoms with E-state index in [1.807, 2.05) is 6.07 Å². The number of nitriles is 1. The van der Waals surface area contributed by atoms with Gasteiger partial charge in [-0.1, -0.05) is 24.2 Å². The second kappa shape index (κ2) is 8.94. The monoisotopic (exact) mass is 554 g/mol. The third kappa shape index (κ3) is 3.48. The largest absolute Gasteiger partial charge is 0.389 e. The fourth-order valence-electron chi connectivity index (χ4n) is 5.72. The highest BCUT2D eigenvalue weighted by atomic mass is 35.5. The van der Waals surface area contributed by atoms with E-state index >= 15 is 4.39 Å². The van der Waals surface area contributed by atoms with Gasteiger partial charge in [0.25, 0.3) is 5.91 Å². The number of hydrogen-bond acceptors (Lipinski definition) is 7. The minimum Gasteiger partial charge on any atom is -0.389 e. The molecule has 1 unspecified atom stereocenters. The molecular weight excluding hydrogens is 534 g/mol. The number of halogens is 3. The lowest BCUT2D eigenvalue weighted by atomic mass is 9.90. The predicted octanol–water partition coefficient (Wildman–Crippen LogP) is 4.11. The lowest BCUT2D eigenvalue weighted by Crippen LogP contribution is -2.58. The normalized spacial score (nSPS) is 20.6. The first-order chi connectivity index (χ1) is 18.2. The van der Waals surface area contributed by atoms with Crippen LogP contribution in [0.4, 0.5) is 19.5 Å². The highest BCUT2D eigenvalue weighted by molar-refractivity contribution is 7.23. The summed E-state index contributed by atoms with van der Waals surface area (Å²) in [6.45, 7) is 4.98. The van der Waals surface area contributed by atoms with Gasteiger partial charge in [-0.15, -0.1) is 11.3 Å². The zero-order chi connectivity index (χ0) is 26.9. The van der Waals surface area contributed by atoms with Gasteiger partial charge < -0.3 is 20.5 Å². The molecule has 38 heavy (non-hydrogen) atoms. The molecule has 12 heteroatoms. The highest BCUT2D eigenvalue weighted by Crippen LogP contribution is 2.50. The molecule has 0 bridgehead atoms. The molecule has 0 spiro atoms. The van der Waals surface area contributed by atoms with Gasteiger partial charge in [0.2, 0.25) is 5.91 Å². The first kappa shape index (κ1) is 24.6. The van der Waals surface area contributed by atoms with Crippen LogP contribution < -0.4 is 16.2 Å². The molecule has 3 N–H and O–H groups in total. The third-order valence-electron chi connectivity index (χ3n) is 7.43. The smallest absolute Gasteiger partial charge is 0.256 e. The van der Waals surface area contributed by atoms with E-state index in [0.29, 0.717) is 43.9 Å². The molecule has 2 atom stereocenters. The summed E-state index contributed by atoms with van der Waals surface area (Å²) in [6, 6.07) is 5.55. The van der Waals surface area contributed by atoms with Crippen molar-refractivity contribution >= 4 is 55.5 Å². The zero-order valence-electron chi connectivity index (χ0n) is 19.9. The van der Waals surface area contributed by atoms with Crippen LogP contribution in [0.25, 0.3) is 21.2 Å². The second-order valence-corrected chi connectivity index (χ2v) is 10.9. The van der Waals surface area contributed by atoms with Gasteiger partial charge in [0, 0.05) is 42.7 Å². The minimum absolute atomic E-state index is 0.0673. The highest BCUT2D eigenvalue weighted by Gasteiger charge is 2.42. The number of benzene rings is 2. The number of hydrogen-bond donors (Lipinski definition) is 2. The number of fused-ring (bicyclic) bond motifs is 2. The molecule has 1 aromatic heterocycles. The first-order valence-electron chi connectivity index (χ1n) is 11.9. The van der Waals surface area contributed by atoms with Crippen LogP contribution >= 0.6 is 22.9 Å². The summed E-state index contributed by atoms with van der Waals surface area (Å²) in [4.78, 5) is 29.3. The molecule has 6 rings (SSSR count). The molecule has 1 fully saturated rings. The van der Waals surface area contributed by atoms with Gasteiger partial charge in [-0.05, 0) is 30.2 Å². The summed E-state index contributed by atoms with van der Waals surface area (Å²) >= 11 is 7.65. The van der Waals surface area contributed by atoms with E-state index in [4.69, 9.17) is 17.3 Å². The summed E-state index contributed by atoms with van der Waals surface area (Å²) in [5, 5.41) is 11.8. The van der Waals surface area contributed by atoms with Crippen LogP contribution in [0.2, 0.25) is 0 Å². The van der Waals surface area contributed by atoms with Crippen molar-refractivity contribution in [2.75, 3.05) is 36.9 Å². The number of nitrogens with two attached hydrogens (primary N) is 1. The Morgan fingerprint density at radius 3 is 2.79 bits per heavy atom. The number of nitrogen functional groups attached to an aromatic ring is 1. The molecule has 2 amide bonds. The van der Waals surface area contributed by atoms with Crippen LogP contribution in [0.5, 0.6) is 0 Å². The number of alkyl halides is 1. The SMILES string of the molecule is C=CC(=O)N1CCN2C(=O)c3cc(F)c(-c4ccc(F)c5sc(N)c(C#N)c45)c4c3N(CC[C@@H]2C1)NC4Cl. The van der Waals surface area contributed by atoms with Gasteiger partial charge in [-0.3, -0.25) is 9.59 Å². The first-order valence-corrected chi connectivity index (χ1v) is 13.2. The number of anilines is 2. The van der Waals surface area contributed by atoms with Crippen LogP contribution in [-0.4, -0.2) is 53.8 Å². The van der Waals surface area contributed by atoms with Crippen LogP contribution in [0, 0.1) is 23.0 Å². The van der Waals surface area contributed by atoms with Gasteiger partial charge in [-0.25, -0.2) is 14.2 Å². The van der Waals surface area contributed by atoms with E-state index in [1.54, 1.807) is 14.8 Å². The van der Waals surface area contributed by atoms with Crippen molar-refractivity contribution in [2.24, 2.45) is 0 Å². The van der Waals surface area contributed by atoms with Crippen LogP contribution in [-0.2, 0) is 4.79 Å². The maximum absolute atomic E-state index is 16.1. The van der Waals surface area contributed by atoms with Crippen LogP contribution in [0.3, 0.4) is 0 Å². The molecule has 4 heterocycles. The van der Waals surface area contributed by atoms with Gasteiger partial charge in [0.05, 0.1) is 27.6 Å². The Labute approximate surface area is 225 Å². The van der Waals surface area contributed by atoms with Gasteiger partial charge in [0.15, 0.2) is 0 Å². The Hall–Kier alpha value is -3.72.